The first-order chi connectivity index (χ1) is 18.9. The number of β-lactam (4-membered cyclic amide) rings is 1. The van der Waals surface area contributed by atoms with Gasteiger partial charge in [-0.1, -0.05) is 72.8 Å². The predicted octanol–water partition coefficient (Wildman–Crippen LogP) is 2.44. The highest BCUT2D eigenvalue weighted by Gasteiger charge is 2.48. The molecule has 5 rings (SSSR count). The third-order valence-corrected chi connectivity index (χ3v) is 7.78. The molecule has 39 heavy (non-hydrogen) atoms. The summed E-state index contributed by atoms with van der Waals surface area (Å²) in [6.07, 6.45) is -4.88. The van der Waals surface area contributed by atoms with Crippen molar-refractivity contribution < 1.29 is 34.8 Å². The number of ether oxygens (including phenoxy) is 1. The number of carbonyl (C=O) groups excluding carboxylic acids is 2. The third kappa shape index (κ3) is 5.52. The lowest BCUT2D eigenvalue weighted by Gasteiger charge is -2.47. The number of hydrogen-bond acceptors (Lipinski definition) is 7. The van der Waals surface area contributed by atoms with Gasteiger partial charge in [-0.05, 0) is 29.7 Å². The van der Waals surface area contributed by atoms with Gasteiger partial charge in [0.15, 0.2) is 5.78 Å². The summed E-state index contributed by atoms with van der Waals surface area (Å²) in [5.74, 6) is -0.346. The van der Waals surface area contributed by atoms with E-state index < -0.39 is 37.1 Å². The van der Waals surface area contributed by atoms with Crippen molar-refractivity contribution in [2.24, 2.45) is 5.92 Å². The first-order valence-corrected chi connectivity index (χ1v) is 13.2. The molecule has 4 N–H and O–H groups in total. The molecule has 0 spiro atoms. The number of nitrogens with zero attached hydrogens (tertiary/aromatic N) is 1. The molecule has 8 heteroatoms. The van der Waals surface area contributed by atoms with Crippen molar-refractivity contribution in [1.29, 1.82) is 0 Å². The minimum atomic E-state index is -1.42. The topological polar surface area (TPSA) is 128 Å². The maximum atomic E-state index is 13.3. The van der Waals surface area contributed by atoms with E-state index in [9.17, 15) is 30.0 Å². The number of Topliss-reactive ketones (excluding diaryl/α,β-unsaturated/α-hetero) is 1. The number of rotatable bonds is 9. The molecule has 2 saturated heterocycles. The Bertz CT molecular complexity index is 1270. The fraction of sp³-hybridized carbons (Fsp3) is 0.355. The van der Waals surface area contributed by atoms with Crippen LogP contribution in [-0.4, -0.2) is 69.2 Å². The lowest BCUT2D eigenvalue weighted by molar-refractivity contribution is -0.228. The number of carbonyl (C=O) groups is 2. The normalized spacial score (nSPS) is 28.7. The molecule has 2 aliphatic rings. The summed E-state index contributed by atoms with van der Waals surface area (Å²) in [6.45, 7) is -0.473. The van der Waals surface area contributed by atoms with E-state index in [0.29, 0.717) is 12.0 Å². The average Bonchev–Trinajstić information content (AvgIpc) is 2.97. The second-order valence-electron chi connectivity index (χ2n) is 10.2. The van der Waals surface area contributed by atoms with Gasteiger partial charge in [-0.15, -0.1) is 0 Å². The quantitative estimate of drug-likeness (QED) is 0.247. The fourth-order valence-electron chi connectivity index (χ4n) is 5.57. The highest BCUT2D eigenvalue weighted by atomic mass is 16.5. The Hall–Kier alpha value is -3.40. The predicted molar refractivity (Wildman–Crippen MR) is 144 cm³/mol. The molecule has 204 valence electrons. The maximum absolute atomic E-state index is 13.3. The van der Waals surface area contributed by atoms with Gasteiger partial charge in [-0.25, -0.2) is 0 Å². The molecule has 0 aliphatic carbocycles. The molecule has 3 aromatic rings. The van der Waals surface area contributed by atoms with E-state index in [4.69, 9.17) is 4.74 Å². The molecule has 0 bridgehead atoms. The van der Waals surface area contributed by atoms with Crippen LogP contribution >= 0.6 is 0 Å². The van der Waals surface area contributed by atoms with Crippen LogP contribution in [0.5, 0.6) is 0 Å². The van der Waals surface area contributed by atoms with Crippen molar-refractivity contribution in [3.05, 3.63) is 102 Å². The zero-order chi connectivity index (χ0) is 27.5. The standard InChI is InChI=1S/C31H33NO7/c33-18-26-29(36)30(37)28(35)25(39-26)17-19-11-13-21(14-12-19)27-23(15-16-24(34)20-7-3-1-4-8-20)31(38)32(27)22-9-5-2-6-10-22/h1-14,23,25-30,33,35-37H,15-18H2/t23-,25+,26-,27-,28+,29-,30-/m1/s1. The number of ketones is 1. The summed E-state index contributed by atoms with van der Waals surface area (Å²) >= 11 is 0. The van der Waals surface area contributed by atoms with E-state index in [-0.39, 0.29) is 36.5 Å². The van der Waals surface area contributed by atoms with E-state index in [1.54, 1.807) is 17.0 Å². The van der Waals surface area contributed by atoms with Crippen molar-refractivity contribution in [3.8, 4) is 0 Å². The number of hydrogen-bond donors (Lipinski definition) is 4. The third-order valence-electron chi connectivity index (χ3n) is 7.78. The van der Waals surface area contributed by atoms with Crippen LogP contribution in [0.15, 0.2) is 84.9 Å². The van der Waals surface area contributed by atoms with E-state index in [1.165, 1.54) is 0 Å². The second kappa shape index (κ2) is 11.8. The lowest BCUT2D eigenvalue weighted by Crippen LogP contribution is -2.59. The number of benzene rings is 3. The van der Waals surface area contributed by atoms with Gasteiger partial charge in [0.05, 0.1) is 24.7 Å². The van der Waals surface area contributed by atoms with Gasteiger partial charge in [0, 0.05) is 24.1 Å². The van der Waals surface area contributed by atoms with Crippen molar-refractivity contribution >= 4 is 17.4 Å². The van der Waals surface area contributed by atoms with Crippen LogP contribution in [0.2, 0.25) is 0 Å². The van der Waals surface area contributed by atoms with Crippen molar-refractivity contribution in [1.82, 2.24) is 0 Å². The number of para-hydroxylation sites is 1. The first kappa shape index (κ1) is 27.2. The van der Waals surface area contributed by atoms with Gasteiger partial charge < -0.3 is 30.1 Å². The zero-order valence-electron chi connectivity index (χ0n) is 21.4. The lowest BCUT2D eigenvalue weighted by atomic mass is 9.78. The molecule has 1 amide bonds. The smallest absolute Gasteiger partial charge is 0.233 e. The maximum Gasteiger partial charge on any atom is 0.233 e. The van der Waals surface area contributed by atoms with Gasteiger partial charge in [0.2, 0.25) is 5.91 Å². The number of amides is 1. The summed E-state index contributed by atoms with van der Waals surface area (Å²) in [5, 5.41) is 40.0. The molecule has 0 unspecified atom stereocenters. The number of anilines is 1. The minimum absolute atomic E-state index is 0.00943. The Morgan fingerprint density at radius 1 is 0.795 bits per heavy atom. The summed E-state index contributed by atoms with van der Waals surface area (Å²) in [7, 11) is 0. The zero-order valence-corrected chi connectivity index (χ0v) is 21.4. The summed E-state index contributed by atoms with van der Waals surface area (Å²) in [5.41, 5.74) is 3.19. The van der Waals surface area contributed by atoms with E-state index in [2.05, 4.69) is 0 Å². The van der Waals surface area contributed by atoms with Crippen LogP contribution in [0.25, 0.3) is 0 Å². The SMILES string of the molecule is O=C(CC[C@H]1C(=O)N(c2ccccc2)[C@@H]1c1ccc(C[C@@H]2O[C@H](CO)[C@@H](O)[C@H](O)[C@H]2O)cc1)c1ccccc1. The molecule has 0 saturated carbocycles. The van der Waals surface area contributed by atoms with Gasteiger partial charge in [0.25, 0.3) is 0 Å². The Balaban J connectivity index is 1.33. The van der Waals surface area contributed by atoms with Gasteiger partial charge in [0.1, 0.15) is 24.4 Å². The van der Waals surface area contributed by atoms with Crippen molar-refractivity contribution in [2.45, 2.75) is 55.8 Å². The average molecular weight is 532 g/mol. The van der Waals surface area contributed by atoms with Gasteiger partial charge in [-0.3, -0.25) is 9.59 Å². The van der Waals surface area contributed by atoms with Gasteiger partial charge in [-0.2, -0.15) is 0 Å². The largest absolute Gasteiger partial charge is 0.394 e. The van der Waals surface area contributed by atoms with E-state index >= 15 is 0 Å². The van der Waals surface area contributed by atoms with E-state index in [1.807, 2.05) is 72.8 Å². The summed E-state index contributed by atoms with van der Waals surface area (Å²) in [4.78, 5) is 27.8. The van der Waals surface area contributed by atoms with Crippen molar-refractivity contribution in [3.63, 3.8) is 0 Å². The Morgan fingerprint density at radius 2 is 1.41 bits per heavy atom. The van der Waals surface area contributed by atoms with Crippen LogP contribution in [0.3, 0.4) is 0 Å². The molecule has 7 atom stereocenters. The van der Waals surface area contributed by atoms with Crippen LogP contribution in [0, 0.1) is 5.92 Å². The van der Waals surface area contributed by atoms with Gasteiger partial charge >= 0.3 is 0 Å². The highest BCUT2D eigenvalue weighted by Crippen LogP contribution is 2.45. The number of aliphatic hydroxyl groups excluding tert-OH is 4. The molecular weight excluding hydrogens is 498 g/mol. The Kier molecular flexibility index (Phi) is 8.20. The van der Waals surface area contributed by atoms with Crippen LogP contribution in [-0.2, 0) is 16.0 Å². The fourth-order valence-corrected chi connectivity index (χ4v) is 5.57. The van der Waals surface area contributed by atoms with Crippen molar-refractivity contribution in [2.75, 3.05) is 11.5 Å². The summed E-state index contributed by atoms with van der Waals surface area (Å²) in [6, 6.07) is 25.9. The highest BCUT2D eigenvalue weighted by molar-refractivity contribution is 6.04. The molecule has 8 nitrogen and oxygen atoms in total. The van der Waals surface area contributed by atoms with Crippen LogP contribution in [0.1, 0.15) is 40.4 Å². The first-order valence-electron chi connectivity index (χ1n) is 13.2. The number of aliphatic hydroxyl groups is 4. The molecular formula is C31H33NO7. The monoisotopic (exact) mass is 531 g/mol. The Labute approximate surface area is 227 Å². The minimum Gasteiger partial charge on any atom is -0.394 e. The summed E-state index contributed by atoms with van der Waals surface area (Å²) < 4.78 is 5.65. The molecule has 3 aromatic carbocycles. The molecule has 0 aromatic heterocycles. The second-order valence-corrected chi connectivity index (χ2v) is 10.2. The molecule has 0 radical (unpaired) electrons. The van der Waals surface area contributed by atoms with Crippen LogP contribution in [0.4, 0.5) is 5.69 Å². The van der Waals surface area contributed by atoms with Crippen LogP contribution < -0.4 is 4.90 Å². The Morgan fingerprint density at radius 3 is 2.05 bits per heavy atom. The molecule has 2 heterocycles. The molecule has 2 aliphatic heterocycles. The van der Waals surface area contributed by atoms with E-state index in [0.717, 1.165) is 16.8 Å². The molecule has 2 fully saturated rings.